The number of nitrogens with zero attached hydrogens (tertiary/aromatic N) is 2. The molecule has 1 aromatic heterocycles. The smallest absolute Gasteiger partial charge is 0.261 e. The Morgan fingerprint density at radius 1 is 1.26 bits per heavy atom. The summed E-state index contributed by atoms with van der Waals surface area (Å²) in [6.45, 7) is 0. The maximum absolute atomic E-state index is 12.4. The van der Waals surface area contributed by atoms with Crippen molar-refractivity contribution >= 4 is 27.5 Å². The van der Waals surface area contributed by atoms with E-state index in [0.717, 1.165) is 10.2 Å². The molecule has 0 aliphatic carbocycles. The molecule has 0 aliphatic rings. The molecule has 2 rings (SSSR count). The van der Waals surface area contributed by atoms with E-state index in [4.69, 9.17) is 4.74 Å². The van der Waals surface area contributed by atoms with Crippen LogP contribution >= 0.6 is 15.9 Å². The molecule has 0 fully saturated rings. The Morgan fingerprint density at radius 2 is 1.95 bits per heavy atom. The van der Waals surface area contributed by atoms with Crippen molar-refractivity contribution in [2.45, 2.75) is 0 Å². The molecular weight excluding hydrogens is 308 g/mol. The van der Waals surface area contributed by atoms with Crippen LogP contribution < -0.4 is 9.64 Å². The molecule has 19 heavy (non-hydrogen) atoms. The Morgan fingerprint density at radius 3 is 2.58 bits per heavy atom. The third-order valence-corrected chi connectivity index (χ3v) is 3.24. The van der Waals surface area contributed by atoms with Gasteiger partial charge in [0, 0.05) is 29.6 Å². The van der Waals surface area contributed by atoms with Crippen molar-refractivity contribution in [2.24, 2.45) is 0 Å². The average Bonchev–Trinajstić information content (AvgIpc) is 2.46. The zero-order valence-corrected chi connectivity index (χ0v) is 12.2. The van der Waals surface area contributed by atoms with E-state index in [1.807, 2.05) is 6.07 Å². The van der Waals surface area contributed by atoms with Gasteiger partial charge in [0.15, 0.2) is 0 Å². The number of hydrogen-bond donors (Lipinski definition) is 0. The largest absolute Gasteiger partial charge is 0.496 e. The van der Waals surface area contributed by atoms with Gasteiger partial charge < -0.3 is 9.64 Å². The Hall–Kier alpha value is -1.88. The molecule has 1 amide bonds. The lowest BCUT2D eigenvalue weighted by molar-refractivity contribution is 0.0990. The number of anilines is 1. The van der Waals surface area contributed by atoms with Gasteiger partial charge in [-0.3, -0.25) is 9.78 Å². The summed E-state index contributed by atoms with van der Waals surface area (Å²) >= 11 is 3.36. The third kappa shape index (κ3) is 2.93. The summed E-state index contributed by atoms with van der Waals surface area (Å²) in [6.07, 6.45) is 3.30. The summed E-state index contributed by atoms with van der Waals surface area (Å²) < 4.78 is 6.11. The number of halogens is 1. The van der Waals surface area contributed by atoms with Gasteiger partial charge in [0.2, 0.25) is 0 Å². The van der Waals surface area contributed by atoms with Gasteiger partial charge >= 0.3 is 0 Å². The zero-order valence-electron chi connectivity index (χ0n) is 10.6. The number of pyridine rings is 1. The lowest BCUT2D eigenvalue weighted by atomic mass is 10.1. The van der Waals surface area contributed by atoms with Crippen LogP contribution in [-0.4, -0.2) is 25.0 Å². The number of carbonyl (C=O) groups excluding carboxylic acids is 1. The molecule has 1 heterocycles. The maximum atomic E-state index is 12.4. The SMILES string of the molecule is COc1cc(Br)ccc1C(=O)N(C)c1ccncc1. The lowest BCUT2D eigenvalue weighted by Gasteiger charge is -2.18. The van der Waals surface area contributed by atoms with Crippen LogP contribution in [0.25, 0.3) is 0 Å². The van der Waals surface area contributed by atoms with Crippen LogP contribution in [0.5, 0.6) is 5.75 Å². The number of amides is 1. The van der Waals surface area contributed by atoms with Crippen molar-refractivity contribution < 1.29 is 9.53 Å². The number of rotatable bonds is 3. The molecule has 0 saturated carbocycles. The molecule has 0 saturated heterocycles. The Kier molecular flexibility index (Phi) is 4.16. The van der Waals surface area contributed by atoms with Gasteiger partial charge in [0.1, 0.15) is 5.75 Å². The van der Waals surface area contributed by atoms with Crippen LogP contribution in [-0.2, 0) is 0 Å². The molecular formula is C14H13BrN2O2. The maximum Gasteiger partial charge on any atom is 0.261 e. The first-order chi connectivity index (χ1) is 9.13. The van der Waals surface area contributed by atoms with E-state index in [-0.39, 0.29) is 5.91 Å². The van der Waals surface area contributed by atoms with E-state index < -0.39 is 0 Å². The van der Waals surface area contributed by atoms with Crippen molar-refractivity contribution in [3.63, 3.8) is 0 Å². The molecule has 1 aromatic carbocycles. The van der Waals surface area contributed by atoms with Gasteiger partial charge in [0.05, 0.1) is 12.7 Å². The highest BCUT2D eigenvalue weighted by atomic mass is 79.9. The number of benzene rings is 1. The fraction of sp³-hybridized carbons (Fsp3) is 0.143. The summed E-state index contributed by atoms with van der Waals surface area (Å²) in [7, 11) is 3.27. The van der Waals surface area contributed by atoms with Gasteiger partial charge in [-0.15, -0.1) is 0 Å². The van der Waals surface area contributed by atoms with Crippen LogP contribution in [0.3, 0.4) is 0 Å². The monoisotopic (exact) mass is 320 g/mol. The van der Waals surface area contributed by atoms with Gasteiger partial charge in [-0.05, 0) is 30.3 Å². The van der Waals surface area contributed by atoms with Crippen molar-refractivity contribution in [2.75, 3.05) is 19.1 Å². The zero-order chi connectivity index (χ0) is 13.8. The Labute approximate surface area is 120 Å². The van der Waals surface area contributed by atoms with Crippen LogP contribution in [0.4, 0.5) is 5.69 Å². The highest BCUT2D eigenvalue weighted by molar-refractivity contribution is 9.10. The predicted octanol–water partition coefficient (Wildman–Crippen LogP) is 3.13. The first-order valence-corrected chi connectivity index (χ1v) is 6.44. The quantitative estimate of drug-likeness (QED) is 0.872. The molecule has 0 radical (unpaired) electrons. The van der Waals surface area contributed by atoms with Gasteiger partial charge in [-0.1, -0.05) is 15.9 Å². The van der Waals surface area contributed by atoms with E-state index in [0.29, 0.717) is 11.3 Å². The van der Waals surface area contributed by atoms with E-state index >= 15 is 0 Å². The average molecular weight is 321 g/mol. The number of carbonyl (C=O) groups is 1. The molecule has 0 N–H and O–H groups in total. The van der Waals surface area contributed by atoms with Crippen LogP contribution in [0.15, 0.2) is 47.2 Å². The van der Waals surface area contributed by atoms with E-state index in [1.54, 1.807) is 55.7 Å². The second-order valence-corrected chi connectivity index (χ2v) is 4.83. The minimum atomic E-state index is -0.129. The van der Waals surface area contributed by atoms with Crippen molar-refractivity contribution in [3.8, 4) is 5.75 Å². The minimum absolute atomic E-state index is 0.129. The second-order valence-electron chi connectivity index (χ2n) is 3.91. The highest BCUT2D eigenvalue weighted by Crippen LogP contribution is 2.25. The fourth-order valence-electron chi connectivity index (χ4n) is 1.71. The van der Waals surface area contributed by atoms with Gasteiger partial charge in [0.25, 0.3) is 5.91 Å². The van der Waals surface area contributed by atoms with Gasteiger partial charge in [-0.25, -0.2) is 0 Å². The predicted molar refractivity (Wildman–Crippen MR) is 77.7 cm³/mol. The molecule has 0 aliphatic heterocycles. The molecule has 5 heteroatoms. The molecule has 0 bridgehead atoms. The normalized spacial score (nSPS) is 10.1. The topological polar surface area (TPSA) is 42.4 Å². The van der Waals surface area contributed by atoms with Crippen LogP contribution in [0.1, 0.15) is 10.4 Å². The summed E-state index contributed by atoms with van der Waals surface area (Å²) in [5, 5.41) is 0. The molecule has 2 aromatic rings. The first kappa shape index (κ1) is 13.5. The van der Waals surface area contributed by atoms with Crippen molar-refractivity contribution in [1.82, 2.24) is 4.98 Å². The first-order valence-electron chi connectivity index (χ1n) is 5.65. The minimum Gasteiger partial charge on any atom is -0.496 e. The highest BCUT2D eigenvalue weighted by Gasteiger charge is 2.17. The number of ether oxygens (including phenoxy) is 1. The standard InChI is InChI=1S/C14H13BrN2O2/c1-17(11-5-7-16-8-6-11)14(18)12-4-3-10(15)9-13(12)19-2/h3-9H,1-2H3. The Balaban J connectivity index is 2.34. The molecule has 0 spiro atoms. The summed E-state index contributed by atoms with van der Waals surface area (Å²) in [5.74, 6) is 0.413. The summed E-state index contributed by atoms with van der Waals surface area (Å²) in [5.41, 5.74) is 1.30. The molecule has 4 nitrogen and oxygen atoms in total. The summed E-state index contributed by atoms with van der Waals surface area (Å²) in [4.78, 5) is 17.9. The van der Waals surface area contributed by atoms with E-state index in [1.165, 1.54) is 0 Å². The Bertz CT molecular complexity index is 587. The molecule has 98 valence electrons. The molecule has 0 atom stereocenters. The van der Waals surface area contributed by atoms with Gasteiger partial charge in [-0.2, -0.15) is 0 Å². The lowest BCUT2D eigenvalue weighted by Crippen LogP contribution is -2.26. The fourth-order valence-corrected chi connectivity index (χ4v) is 2.05. The van der Waals surface area contributed by atoms with Crippen LogP contribution in [0, 0.1) is 0 Å². The van der Waals surface area contributed by atoms with Crippen molar-refractivity contribution in [3.05, 3.63) is 52.8 Å². The van der Waals surface area contributed by atoms with Crippen LogP contribution in [0.2, 0.25) is 0 Å². The number of hydrogen-bond acceptors (Lipinski definition) is 3. The molecule has 0 unspecified atom stereocenters. The van der Waals surface area contributed by atoms with E-state index in [9.17, 15) is 4.79 Å². The van der Waals surface area contributed by atoms with Crippen molar-refractivity contribution in [1.29, 1.82) is 0 Å². The third-order valence-electron chi connectivity index (χ3n) is 2.75. The second kappa shape index (κ2) is 5.84. The van der Waals surface area contributed by atoms with E-state index in [2.05, 4.69) is 20.9 Å². The number of aromatic nitrogens is 1. The number of methoxy groups -OCH3 is 1. The summed E-state index contributed by atoms with van der Waals surface area (Å²) in [6, 6.07) is 8.89.